The van der Waals surface area contributed by atoms with E-state index >= 15 is 0 Å². The van der Waals surface area contributed by atoms with Crippen LogP contribution in [0.2, 0.25) is 0 Å². The van der Waals surface area contributed by atoms with Crippen LogP contribution in [0.1, 0.15) is 36.3 Å². The molecule has 0 aliphatic heterocycles. The summed E-state index contributed by atoms with van der Waals surface area (Å²) in [6, 6.07) is 10.5. The molecular weight excluding hydrogens is 374 g/mol. The van der Waals surface area contributed by atoms with Gasteiger partial charge in [-0.05, 0) is 60.9 Å². The first-order valence-corrected chi connectivity index (χ1v) is 10.9. The lowest BCUT2D eigenvalue weighted by molar-refractivity contribution is 0.792. The van der Waals surface area contributed by atoms with E-state index in [0.29, 0.717) is 11.2 Å². The molecule has 27 heavy (non-hydrogen) atoms. The first-order chi connectivity index (χ1) is 13.2. The highest BCUT2D eigenvalue weighted by atomic mass is 32.1. The second-order valence-electron chi connectivity index (χ2n) is 6.96. The van der Waals surface area contributed by atoms with Gasteiger partial charge in [-0.3, -0.25) is 4.79 Å². The van der Waals surface area contributed by atoms with Gasteiger partial charge in [0.2, 0.25) is 0 Å². The lowest BCUT2D eigenvalue weighted by Gasteiger charge is -2.15. The van der Waals surface area contributed by atoms with Crippen molar-refractivity contribution in [2.75, 3.05) is 5.32 Å². The Hall–Kier alpha value is -2.44. The molecule has 2 N–H and O–H groups in total. The molecule has 0 saturated heterocycles. The third-order valence-corrected chi connectivity index (χ3v) is 6.92. The SMILES string of the molecule is CC(Nc1ccc2c(c1)CCC2)c1nc2scc(-c3cccs3)c2c(=O)[nH]1. The van der Waals surface area contributed by atoms with E-state index in [2.05, 4.69) is 28.5 Å². The molecule has 4 nitrogen and oxygen atoms in total. The van der Waals surface area contributed by atoms with Crippen LogP contribution in [0.5, 0.6) is 0 Å². The molecule has 6 heteroatoms. The van der Waals surface area contributed by atoms with E-state index < -0.39 is 0 Å². The molecular formula is C21H19N3OS2. The van der Waals surface area contributed by atoms with Crippen LogP contribution in [0.4, 0.5) is 5.69 Å². The van der Waals surface area contributed by atoms with E-state index in [1.807, 2.05) is 29.8 Å². The number of hydrogen-bond acceptors (Lipinski definition) is 5. The molecule has 0 spiro atoms. The minimum atomic E-state index is -0.0751. The molecule has 4 aromatic rings. The Bertz CT molecular complexity index is 1170. The van der Waals surface area contributed by atoms with Gasteiger partial charge in [0, 0.05) is 21.5 Å². The second kappa shape index (κ2) is 6.62. The fourth-order valence-electron chi connectivity index (χ4n) is 3.76. The number of aromatic nitrogens is 2. The number of H-pyrrole nitrogens is 1. The van der Waals surface area contributed by atoms with Gasteiger partial charge in [-0.1, -0.05) is 12.1 Å². The third kappa shape index (κ3) is 2.99. The average molecular weight is 394 g/mol. The zero-order chi connectivity index (χ0) is 18.4. The van der Waals surface area contributed by atoms with Crippen LogP contribution in [0.25, 0.3) is 20.7 Å². The summed E-state index contributed by atoms with van der Waals surface area (Å²) >= 11 is 3.17. The number of anilines is 1. The summed E-state index contributed by atoms with van der Waals surface area (Å²) in [7, 11) is 0. The molecule has 5 rings (SSSR count). The van der Waals surface area contributed by atoms with Gasteiger partial charge in [0.05, 0.1) is 11.4 Å². The molecule has 0 saturated carbocycles. The predicted octanol–water partition coefficient (Wildman–Crippen LogP) is 5.37. The highest BCUT2D eigenvalue weighted by Gasteiger charge is 2.17. The summed E-state index contributed by atoms with van der Waals surface area (Å²) in [5.41, 5.74) is 4.88. The molecule has 3 aromatic heterocycles. The van der Waals surface area contributed by atoms with Crippen LogP contribution in [-0.2, 0) is 12.8 Å². The maximum absolute atomic E-state index is 12.8. The largest absolute Gasteiger partial charge is 0.375 e. The van der Waals surface area contributed by atoms with Crippen LogP contribution < -0.4 is 10.9 Å². The van der Waals surface area contributed by atoms with E-state index in [4.69, 9.17) is 4.98 Å². The van der Waals surface area contributed by atoms with Gasteiger partial charge < -0.3 is 10.3 Å². The normalized spacial score (nSPS) is 14.4. The number of hydrogen-bond donors (Lipinski definition) is 2. The summed E-state index contributed by atoms with van der Waals surface area (Å²) < 4.78 is 0. The van der Waals surface area contributed by atoms with E-state index in [1.54, 1.807) is 11.3 Å². The molecule has 136 valence electrons. The van der Waals surface area contributed by atoms with Gasteiger partial charge in [-0.2, -0.15) is 0 Å². The minimum absolute atomic E-state index is 0.0674. The molecule has 3 heterocycles. The van der Waals surface area contributed by atoms with E-state index in [-0.39, 0.29) is 11.6 Å². The molecule has 1 atom stereocenters. The zero-order valence-corrected chi connectivity index (χ0v) is 16.5. The van der Waals surface area contributed by atoms with Gasteiger partial charge in [0.1, 0.15) is 10.7 Å². The lowest BCUT2D eigenvalue weighted by Crippen LogP contribution is -2.17. The second-order valence-corrected chi connectivity index (χ2v) is 8.77. The van der Waals surface area contributed by atoms with Crippen molar-refractivity contribution in [3.63, 3.8) is 0 Å². The monoisotopic (exact) mass is 393 g/mol. The Labute approximate surface area is 164 Å². The molecule has 1 aliphatic carbocycles. The van der Waals surface area contributed by atoms with Crippen molar-refractivity contribution in [2.45, 2.75) is 32.2 Å². The molecule has 1 aliphatic rings. The van der Waals surface area contributed by atoms with E-state index in [0.717, 1.165) is 27.4 Å². The topological polar surface area (TPSA) is 57.8 Å². The molecule has 0 amide bonds. The number of nitrogens with zero attached hydrogens (tertiary/aromatic N) is 1. The Morgan fingerprint density at radius 3 is 2.93 bits per heavy atom. The van der Waals surface area contributed by atoms with Crippen LogP contribution in [0.15, 0.2) is 45.9 Å². The Morgan fingerprint density at radius 2 is 2.07 bits per heavy atom. The van der Waals surface area contributed by atoms with Gasteiger partial charge in [-0.25, -0.2) is 4.98 Å². The Balaban J connectivity index is 1.47. The molecule has 0 radical (unpaired) electrons. The quantitative estimate of drug-likeness (QED) is 0.490. The fraction of sp³-hybridized carbons (Fsp3) is 0.238. The summed E-state index contributed by atoms with van der Waals surface area (Å²) in [5.74, 6) is 0.674. The van der Waals surface area contributed by atoms with Crippen LogP contribution in [0.3, 0.4) is 0 Å². The van der Waals surface area contributed by atoms with E-state index in [9.17, 15) is 4.79 Å². The maximum atomic E-state index is 12.8. The molecule has 0 bridgehead atoms. The maximum Gasteiger partial charge on any atom is 0.260 e. The van der Waals surface area contributed by atoms with Crippen molar-refractivity contribution in [2.24, 2.45) is 0 Å². The van der Waals surface area contributed by atoms with Gasteiger partial charge in [0.25, 0.3) is 5.56 Å². The van der Waals surface area contributed by atoms with Crippen molar-refractivity contribution in [3.8, 4) is 10.4 Å². The number of benzene rings is 1. The number of thiophene rings is 2. The standard InChI is InChI=1S/C21H19N3OS2/c1-12(22-15-8-7-13-4-2-5-14(13)10-15)19-23-20(25)18-16(11-27-21(18)24-19)17-6-3-9-26-17/h3,6-12,22H,2,4-5H2,1H3,(H,23,24,25). The van der Waals surface area contributed by atoms with E-state index in [1.165, 1.54) is 35.3 Å². The smallest absolute Gasteiger partial charge is 0.260 e. The first kappa shape index (κ1) is 16.7. The van der Waals surface area contributed by atoms with Crippen molar-refractivity contribution in [3.05, 3.63) is 68.4 Å². The fourth-order valence-corrected chi connectivity index (χ4v) is 5.53. The Kier molecular flexibility index (Phi) is 4.10. The molecule has 1 aromatic carbocycles. The Morgan fingerprint density at radius 1 is 1.19 bits per heavy atom. The summed E-state index contributed by atoms with van der Waals surface area (Å²) in [5, 5.41) is 8.23. The first-order valence-electron chi connectivity index (χ1n) is 9.12. The highest BCUT2D eigenvalue weighted by molar-refractivity contribution is 7.18. The van der Waals surface area contributed by atoms with Crippen molar-refractivity contribution < 1.29 is 0 Å². The van der Waals surface area contributed by atoms with Crippen molar-refractivity contribution >= 4 is 38.6 Å². The van der Waals surface area contributed by atoms with Crippen molar-refractivity contribution in [1.82, 2.24) is 9.97 Å². The predicted molar refractivity (Wildman–Crippen MR) is 114 cm³/mol. The van der Waals surface area contributed by atoms with Crippen LogP contribution in [0, 0.1) is 0 Å². The van der Waals surface area contributed by atoms with Crippen molar-refractivity contribution in [1.29, 1.82) is 0 Å². The number of nitrogens with one attached hydrogen (secondary N) is 2. The van der Waals surface area contributed by atoms with Gasteiger partial charge in [0.15, 0.2) is 0 Å². The highest BCUT2D eigenvalue weighted by Crippen LogP contribution is 2.34. The third-order valence-electron chi connectivity index (χ3n) is 5.14. The number of aryl methyl sites for hydroxylation is 2. The van der Waals surface area contributed by atoms with Gasteiger partial charge >= 0.3 is 0 Å². The van der Waals surface area contributed by atoms with Gasteiger partial charge in [-0.15, -0.1) is 22.7 Å². The summed E-state index contributed by atoms with van der Waals surface area (Å²) in [6.45, 7) is 2.03. The average Bonchev–Trinajstić information content (AvgIpc) is 3.40. The number of aromatic amines is 1. The van der Waals surface area contributed by atoms with Crippen LogP contribution >= 0.6 is 22.7 Å². The molecule has 0 fully saturated rings. The summed E-state index contributed by atoms with van der Waals surface area (Å²) in [6.07, 6.45) is 3.58. The molecule has 1 unspecified atom stereocenters. The zero-order valence-electron chi connectivity index (χ0n) is 14.9. The lowest BCUT2D eigenvalue weighted by atomic mass is 10.1. The number of rotatable bonds is 4. The van der Waals surface area contributed by atoms with Crippen LogP contribution in [-0.4, -0.2) is 9.97 Å². The number of fused-ring (bicyclic) bond motifs is 2. The summed E-state index contributed by atoms with van der Waals surface area (Å²) in [4.78, 5) is 22.4. The minimum Gasteiger partial charge on any atom is -0.375 e.